The van der Waals surface area contributed by atoms with E-state index in [9.17, 15) is 0 Å². The number of hydrogen-bond acceptors (Lipinski definition) is 7. The van der Waals surface area contributed by atoms with E-state index >= 15 is 0 Å². The molecule has 5 N–H and O–H groups in total. The van der Waals surface area contributed by atoms with Gasteiger partial charge in [0.1, 0.15) is 0 Å². The van der Waals surface area contributed by atoms with Crippen LogP contribution in [0.3, 0.4) is 0 Å². The number of nitrogens with two attached hydrogens (primary N) is 2. The van der Waals surface area contributed by atoms with Gasteiger partial charge in [0, 0.05) is 0 Å². The number of hydrogen-bond donors (Lipinski definition) is 3. The molecule has 0 saturated carbocycles. The van der Waals surface area contributed by atoms with Gasteiger partial charge in [0.15, 0.2) is 0 Å². The van der Waals surface area contributed by atoms with Crippen LogP contribution in [-0.2, 0) is 0 Å². The van der Waals surface area contributed by atoms with Crippen molar-refractivity contribution in [1.29, 1.82) is 5.26 Å². The lowest BCUT2D eigenvalue weighted by atomic mass is 10.9. The number of nitrogens with one attached hydrogen (secondary N) is 1. The smallest absolute Gasteiger partial charge is 0.258 e. The van der Waals surface area contributed by atoms with E-state index in [4.69, 9.17) is 16.9 Å². The molecule has 0 aliphatic heterocycles. The van der Waals surface area contributed by atoms with Gasteiger partial charge < -0.3 is 5.84 Å². The Balaban J connectivity index is 2.74. The molecule has 1 aromatic heterocycles. The quantitative estimate of drug-likeness (QED) is 0.310. The van der Waals surface area contributed by atoms with Gasteiger partial charge in [-0.05, 0) is 0 Å². The van der Waals surface area contributed by atoms with Crippen molar-refractivity contribution < 1.29 is 0 Å². The van der Waals surface area contributed by atoms with Crippen LogP contribution in [0.5, 0.6) is 0 Å². The molecule has 1 heterocycles. The molecule has 0 radical (unpaired) electrons. The van der Waals surface area contributed by atoms with E-state index in [2.05, 4.69) is 15.6 Å². The highest BCUT2D eigenvalue weighted by Gasteiger charge is 2.07. The third-order valence-corrected chi connectivity index (χ3v) is 1.87. The van der Waals surface area contributed by atoms with Crippen molar-refractivity contribution >= 4 is 17.7 Å². The van der Waals surface area contributed by atoms with Gasteiger partial charge in [-0.2, -0.15) is 5.26 Å². The number of aromatic nitrogens is 3. The standard InChI is InChI=1S/C4H7N7S/c5-1-2-12-4-10-9-3(8-6)11(4)7/h2,6-7H2,(H,8,9). The summed E-state index contributed by atoms with van der Waals surface area (Å²) in [6, 6.07) is 1.95. The molecule has 0 unspecified atom stereocenters. The summed E-state index contributed by atoms with van der Waals surface area (Å²) in [6.07, 6.45) is 0. The van der Waals surface area contributed by atoms with Crippen molar-refractivity contribution in [2.24, 2.45) is 5.84 Å². The average Bonchev–Trinajstić information content (AvgIpc) is 2.43. The van der Waals surface area contributed by atoms with Crippen LogP contribution in [-0.4, -0.2) is 20.6 Å². The molecule has 0 spiro atoms. The summed E-state index contributed by atoms with van der Waals surface area (Å²) in [7, 11) is 0. The number of nitrogen functional groups attached to an aromatic ring is 2. The van der Waals surface area contributed by atoms with Gasteiger partial charge in [-0.3, -0.25) is 5.43 Å². The minimum atomic E-state index is 0.260. The monoisotopic (exact) mass is 185 g/mol. The van der Waals surface area contributed by atoms with Gasteiger partial charge >= 0.3 is 0 Å². The molecule has 0 aliphatic rings. The summed E-state index contributed by atoms with van der Waals surface area (Å²) in [5.74, 6) is 11.1. The molecule has 0 saturated heterocycles. The van der Waals surface area contributed by atoms with Gasteiger partial charge in [-0.25, -0.2) is 10.5 Å². The molecule has 0 amide bonds. The second kappa shape index (κ2) is 3.80. The zero-order valence-corrected chi connectivity index (χ0v) is 6.88. The van der Waals surface area contributed by atoms with Crippen LogP contribution in [0.25, 0.3) is 0 Å². The lowest BCUT2D eigenvalue weighted by Gasteiger charge is -1.98. The Labute approximate surface area is 72.7 Å². The minimum Gasteiger partial charge on any atom is -0.334 e. The number of anilines is 1. The summed E-state index contributed by atoms with van der Waals surface area (Å²) in [6.45, 7) is 0. The second-order valence-electron chi connectivity index (χ2n) is 1.77. The second-order valence-corrected chi connectivity index (χ2v) is 2.71. The molecule has 7 nitrogen and oxygen atoms in total. The first-order valence-corrected chi connectivity index (χ1v) is 3.95. The maximum atomic E-state index is 8.27. The summed E-state index contributed by atoms with van der Waals surface area (Å²) in [5.41, 5.74) is 2.26. The van der Waals surface area contributed by atoms with Crippen LogP contribution in [0.15, 0.2) is 5.16 Å². The first-order valence-electron chi connectivity index (χ1n) is 2.96. The fourth-order valence-electron chi connectivity index (χ4n) is 0.571. The van der Waals surface area contributed by atoms with Crippen molar-refractivity contribution in [1.82, 2.24) is 14.9 Å². The lowest BCUT2D eigenvalue weighted by molar-refractivity contribution is 0.848. The maximum absolute atomic E-state index is 8.27. The third kappa shape index (κ3) is 1.58. The number of thioether (sulfide) groups is 1. The van der Waals surface area contributed by atoms with E-state index in [-0.39, 0.29) is 11.7 Å². The number of nitriles is 1. The average molecular weight is 185 g/mol. The van der Waals surface area contributed by atoms with Crippen molar-refractivity contribution in [3.63, 3.8) is 0 Å². The topological polar surface area (TPSA) is 119 Å². The van der Waals surface area contributed by atoms with E-state index < -0.39 is 0 Å². The van der Waals surface area contributed by atoms with Crippen LogP contribution in [0, 0.1) is 11.3 Å². The Bertz CT molecular complexity index is 299. The highest BCUT2D eigenvalue weighted by Crippen LogP contribution is 2.14. The van der Waals surface area contributed by atoms with Gasteiger partial charge in [0.05, 0.1) is 11.8 Å². The predicted molar refractivity (Wildman–Crippen MR) is 44.3 cm³/mol. The molecular formula is C4H7N7S. The van der Waals surface area contributed by atoms with Gasteiger partial charge in [-0.1, -0.05) is 11.8 Å². The summed E-state index contributed by atoms with van der Waals surface area (Å²) in [5, 5.41) is 16.0. The Kier molecular flexibility index (Phi) is 2.73. The zero-order valence-electron chi connectivity index (χ0n) is 6.06. The molecule has 0 aromatic carbocycles. The normalized spacial score (nSPS) is 9.33. The van der Waals surface area contributed by atoms with E-state index in [0.29, 0.717) is 5.16 Å². The number of hydrazine groups is 1. The zero-order chi connectivity index (χ0) is 8.97. The van der Waals surface area contributed by atoms with Crippen LogP contribution in [0.4, 0.5) is 5.95 Å². The molecule has 64 valence electrons. The highest BCUT2D eigenvalue weighted by molar-refractivity contribution is 7.99. The first kappa shape index (κ1) is 8.63. The Morgan fingerprint density at radius 1 is 1.67 bits per heavy atom. The molecule has 0 fully saturated rings. The van der Waals surface area contributed by atoms with Crippen LogP contribution < -0.4 is 17.1 Å². The van der Waals surface area contributed by atoms with Gasteiger partial charge in [0.25, 0.3) is 5.95 Å². The van der Waals surface area contributed by atoms with Crippen molar-refractivity contribution in [2.45, 2.75) is 5.16 Å². The van der Waals surface area contributed by atoms with Crippen molar-refractivity contribution in [2.75, 3.05) is 17.0 Å². The molecule has 8 heteroatoms. The fourth-order valence-corrected chi connectivity index (χ4v) is 1.09. The maximum Gasteiger partial charge on any atom is 0.258 e. The minimum absolute atomic E-state index is 0.260. The predicted octanol–water partition coefficient (Wildman–Crippen LogP) is -1.11. The van der Waals surface area contributed by atoms with Crippen LogP contribution in [0.2, 0.25) is 0 Å². The highest BCUT2D eigenvalue weighted by atomic mass is 32.2. The molecule has 0 aliphatic carbocycles. The van der Waals surface area contributed by atoms with Crippen LogP contribution >= 0.6 is 11.8 Å². The van der Waals surface area contributed by atoms with Gasteiger partial charge in [-0.15, -0.1) is 10.2 Å². The Morgan fingerprint density at radius 3 is 2.92 bits per heavy atom. The van der Waals surface area contributed by atoms with Crippen molar-refractivity contribution in [3.05, 3.63) is 0 Å². The third-order valence-electron chi connectivity index (χ3n) is 1.06. The first-order chi connectivity index (χ1) is 5.79. The molecule has 1 aromatic rings. The van der Waals surface area contributed by atoms with Crippen LogP contribution in [0.1, 0.15) is 0 Å². The van der Waals surface area contributed by atoms with E-state index in [1.54, 1.807) is 0 Å². The van der Waals surface area contributed by atoms with Gasteiger partial charge in [0.2, 0.25) is 5.16 Å². The molecule has 0 bridgehead atoms. The number of rotatable bonds is 3. The summed E-state index contributed by atoms with van der Waals surface area (Å²) < 4.78 is 1.18. The Morgan fingerprint density at radius 2 is 2.42 bits per heavy atom. The SMILES string of the molecule is N#CCSc1nnc(NN)n1N. The molecule has 1 rings (SSSR count). The molecule has 12 heavy (non-hydrogen) atoms. The lowest BCUT2D eigenvalue weighted by Crippen LogP contribution is -2.18. The van der Waals surface area contributed by atoms with E-state index in [1.807, 2.05) is 6.07 Å². The Hall–Kier alpha value is -1.46. The fraction of sp³-hybridized carbons (Fsp3) is 0.250. The molecule has 0 atom stereocenters. The summed E-state index contributed by atoms with van der Waals surface area (Å²) >= 11 is 1.19. The van der Waals surface area contributed by atoms with E-state index in [0.717, 1.165) is 0 Å². The van der Waals surface area contributed by atoms with E-state index in [1.165, 1.54) is 16.4 Å². The molecular weight excluding hydrogens is 178 g/mol. The largest absolute Gasteiger partial charge is 0.334 e. The number of nitrogens with zero attached hydrogens (tertiary/aromatic N) is 4. The summed E-state index contributed by atoms with van der Waals surface area (Å²) in [4.78, 5) is 0. The van der Waals surface area contributed by atoms with Crippen molar-refractivity contribution in [3.8, 4) is 6.07 Å².